The monoisotopic (exact) mass is 259 g/mol. The van der Waals surface area contributed by atoms with Gasteiger partial charge in [-0.1, -0.05) is 48.5 Å². The Morgan fingerprint density at radius 3 is 2.00 bits per heavy atom. The van der Waals surface area contributed by atoms with Crippen molar-refractivity contribution < 1.29 is 4.42 Å². The molecule has 3 aromatic carbocycles. The molecule has 0 N–H and O–H groups in total. The summed E-state index contributed by atoms with van der Waals surface area (Å²) >= 11 is 0. The van der Waals surface area contributed by atoms with Crippen molar-refractivity contribution in [1.82, 2.24) is 4.98 Å². The maximum absolute atomic E-state index is 5.77. The van der Waals surface area contributed by atoms with Crippen molar-refractivity contribution in [3.05, 3.63) is 66.7 Å². The molecule has 0 saturated carbocycles. The van der Waals surface area contributed by atoms with Gasteiger partial charge in [-0.15, -0.1) is 0 Å². The molecule has 20 heavy (non-hydrogen) atoms. The van der Waals surface area contributed by atoms with Gasteiger partial charge in [-0.3, -0.25) is 0 Å². The van der Waals surface area contributed by atoms with Gasteiger partial charge in [0.05, 0.1) is 6.20 Å². The zero-order valence-corrected chi connectivity index (χ0v) is 11.1. The molecule has 0 radical (unpaired) electrons. The maximum Gasteiger partial charge on any atom is 0.191 e. The van der Waals surface area contributed by atoms with Crippen molar-refractivity contribution in [2.24, 2.45) is 0 Å². The number of oxazole rings is 1. The second-order valence-electron chi connectivity index (χ2n) is 4.94. The van der Waals surface area contributed by atoms with Crippen LogP contribution in [0.1, 0.15) is 5.89 Å². The van der Waals surface area contributed by atoms with Crippen LogP contribution in [-0.2, 0) is 0 Å². The minimum Gasteiger partial charge on any atom is -0.441 e. The lowest BCUT2D eigenvalue weighted by molar-refractivity contribution is 0.535. The lowest BCUT2D eigenvalue weighted by Crippen LogP contribution is -1.83. The average Bonchev–Trinajstić information content (AvgIpc) is 2.91. The number of aromatic nitrogens is 1. The Balaban J connectivity index is 2.23. The minimum atomic E-state index is 0.692. The first-order valence-electron chi connectivity index (χ1n) is 6.66. The Morgan fingerprint density at radius 2 is 1.45 bits per heavy atom. The van der Waals surface area contributed by atoms with E-state index >= 15 is 0 Å². The van der Waals surface area contributed by atoms with Crippen LogP contribution in [0.15, 0.2) is 65.2 Å². The highest BCUT2D eigenvalue weighted by Crippen LogP contribution is 2.36. The number of hydrogen-bond acceptors (Lipinski definition) is 2. The molecule has 0 saturated heterocycles. The quantitative estimate of drug-likeness (QED) is 0.452. The van der Waals surface area contributed by atoms with Crippen molar-refractivity contribution in [1.29, 1.82) is 0 Å². The zero-order valence-electron chi connectivity index (χ0n) is 11.1. The van der Waals surface area contributed by atoms with Crippen LogP contribution in [0.4, 0.5) is 0 Å². The van der Waals surface area contributed by atoms with Gasteiger partial charge in [-0.05, 0) is 27.6 Å². The molecule has 0 aliphatic rings. The lowest BCUT2D eigenvalue weighted by atomic mass is 9.96. The van der Waals surface area contributed by atoms with Gasteiger partial charge in [0, 0.05) is 12.5 Å². The van der Waals surface area contributed by atoms with Crippen molar-refractivity contribution in [2.45, 2.75) is 6.92 Å². The summed E-state index contributed by atoms with van der Waals surface area (Å²) in [6.07, 6.45) is 1.81. The topological polar surface area (TPSA) is 26.0 Å². The first kappa shape index (κ1) is 11.2. The number of fused-ring (bicyclic) bond motifs is 2. The van der Waals surface area contributed by atoms with Gasteiger partial charge in [-0.25, -0.2) is 4.98 Å². The predicted molar refractivity (Wildman–Crippen MR) is 81.7 cm³/mol. The van der Waals surface area contributed by atoms with Gasteiger partial charge >= 0.3 is 0 Å². The van der Waals surface area contributed by atoms with Crippen LogP contribution in [0, 0.1) is 6.92 Å². The highest BCUT2D eigenvalue weighted by molar-refractivity contribution is 6.11. The molecule has 2 heteroatoms. The summed E-state index contributed by atoms with van der Waals surface area (Å²) in [5.41, 5.74) is 1.12. The number of benzene rings is 3. The van der Waals surface area contributed by atoms with Gasteiger partial charge in [0.1, 0.15) is 0 Å². The Kier molecular flexibility index (Phi) is 2.36. The molecular formula is C18H13NO. The molecule has 0 bridgehead atoms. The first-order chi connectivity index (χ1) is 9.83. The lowest BCUT2D eigenvalue weighted by Gasteiger charge is -2.09. The largest absolute Gasteiger partial charge is 0.441 e. The Labute approximate surface area is 116 Å². The smallest absolute Gasteiger partial charge is 0.191 e. The van der Waals surface area contributed by atoms with Crippen LogP contribution in [0.25, 0.3) is 32.9 Å². The molecule has 2 nitrogen and oxygen atoms in total. The van der Waals surface area contributed by atoms with E-state index in [1.165, 1.54) is 21.5 Å². The second-order valence-corrected chi connectivity index (χ2v) is 4.94. The van der Waals surface area contributed by atoms with Gasteiger partial charge < -0.3 is 4.42 Å². The van der Waals surface area contributed by atoms with Crippen molar-refractivity contribution in [2.75, 3.05) is 0 Å². The summed E-state index contributed by atoms with van der Waals surface area (Å²) in [5.74, 6) is 1.52. The van der Waals surface area contributed by atoms with Crippen molar-refractivity contribution in [3.63, 3.8) is 0 Å². The van der Waals surface area contributed by atoms with E-state index in [2.05, 4.69) is 59.6 Å². The van der Waals surface area contributed by atoms with Crippen LogP contribution in [0.2, 0.25) is 0 Å². The predicted octanol–water partition coefficient (Wildman–Crippen LogP) is 4.96. The standard InChI is InChI=1S/C18H13NO/c1-12-19-11-17(20-12)18-15-8-4-2-6-13(15)10-14-7-3-5-9-16(14)18/h2-11H,1H3. The van der Waals surface area contributed by atoms with E-state index in [9.17, 15) is 0 Å². The summed E-state index contributed by atoms with van der Waals surface area (Å²) in [5, 5.41) is 4.83. The summed E-state index contributed by atoms with van der Waals surface area (Å²) in [6, 6.07) is 19.0. The molecule has 0 atom stereocenters. The van der Waals surface area contributed by atoms with E-state index in [-0.39, 0.29) is 0 Å². The molecule has 0 fully saturated rings. The van der Waals surface area contributed by atoms with Crippen LogP contribution in [-0.4, -0.2) is 4.98 Å². The maximum atomic E-state index is 5.77. The van der Waals surface area contributed by atoms with Gasteiger partial charge in [0.15, 0.2) is 11.7 Å². The number of aryl methyl sites for hydroxylation is 1. The molecule has 4 aromatic rings. The Hall–Kier alpha value is -2.61. The second kappa shape index (κ2) is 4.20. The van der Waals surface area contributed by atoms with Crippen LogP contribution in [0.5, 0.6) is 0 Å². The SMILES string of the molecule is Cc1ncc(-c2c3ccccc3cc3ccccc23)o1. The Bertz CT molecular complexity index is 867. The number of nitrogens with zero attached hydrogens (tertiary/aromatic N) is 1. The molecular weight excluding hydrogens is 246 g/mol. The van der Waals surface area contributed by atoms with Crippen LogP contribution < -0.4 is 0 Å². The summed E-state index contributed by atoms with van der Waals surface area (Å²) in [4.78, 5) is 4.24. The van der Waals surface area contributed by atoms with Gasteiger partial charge in [0.25, 0.3) is 0 Å². The molecule has 1 aromatic heterocycles. The molecule has 0 aliphatic carbocycles. The van der Waals surface area contributed by atoms with Crippen molar-refractivity contribution >= 4 is 21.5 Å². The summed E-state index contributed by atoms with van der Waals surface area (Å²) in [6.45, 7) is 1.87. The third-order valence-corrected chi connectivity index (χ3v) is 3.64. The number of hydrogen-bond donors (Lipinski definition) is 0. The third kappa shape index (κ3) is 1.62. The number of rotatable bonds is 1. The fourth-order valence-electron chi connectivity index (χ4n) is 2.76. The molecule has 0 amide bonds. The van der Waals surface area contributed by atoms with E-state index in [0.29, 0.717) is 5.89 Å². The van der Waals surface area contributed by atoms with Crippen LogP contribution in [0.3, 0.4) is 0 Å². The van der Waals surface area contributed by atoms with E-state index in [1.54, 1.807) is 0 Å². The van der Waals surface area contributed by atoms with E-state index in [1.807, 2.05) is 13.1 Å². The molecule has 4 rings (SSSR count). The highest BCUT2D eigenvalue weighted by atomic mass is 16.4. The molecule has 0 unspecified atom stereocenters. The fourth-order valence-corrected chi connectivity index (χ4v) is 2.76. The molecule has 96 valence electrons. The average molecular weight is 259 g/mol. The molecule has 1 heterocycles. The fraction of sp³-hybridized carbons (Fsp3) is 0.0556. The van der Waals surface area contributed by atoms with Crippen molar-refractivity contribution in [3.8, 4) is 11.3 Å². The Morgan fingerprint density at radius 1 is 0.850 bits per heavy atom. The van der Waals surface area contributed by atoms with E-state index in [0.717, 1.165) is 11.3 Å². The van der Waals surface area contributed by atoms with E-state index < -0.39 is 0 Å². The van der Waals surface area contributed by atoms with Crippen LogP contribution >= 0.6 is 0 Å². The highest BCUT2D eigenvalue weighted by Gasteiger charge is 2.12. The van der Waals surface area contributed by atoms with Gasteiger partial charge in [-0.2, -0.15) is 0 Å². The first-order valence-corrected chi connectivity index (χ1v) is 6.66. The zero-order chi connectivity index (χ0) is 13.5. The van der Waals surface area contributed by atoms with E-state index in [4.69, 9.17) is 4.42 Å². The third-order valence-electron chi connectivity index (χ3n) is 3.64. The summed E-state index contributed by atoms with van der Waals surface area (Å²) < 4.78 is 5.77. The minimum absolute atomic E-state index is 0.692. The molecule has 0 spiro atoms. The summed E-state index contributed by atoms with van der Waals surface area (Å²) in [7, 11) is 0. The molecule has 0 aliphatic heterocycles. The normalized spacial score (nSPS) is 11.2. The van der Waals surface area contributed by atoms with Gasteiger partial charge in [0.2, 0.25) is 0 Å².